The fraction of sp³-hybridized carbons (Fsp3) is 0.429. The molecule has 1 N–H and O–H groups in total. The maximum atomic E-state index is 12.7. The highest BCUT2D eigenvalue weighted by Crippen LogP contribution is 2.18. The van der Waals surface area contributed by atoms with Gasteiger partial charge in [-0.15, -0.1) is 0 Å². The summed E-state index contributed by atoms with van der Waals surface area (Å²) in [5, 5.41) is 3.10. The lowest BCUT2D eigenvalue weighted by atomic mass is 9.94. The van der Waals surface area contributed by atoms with E-state index in [4.69, 9.17) is 0 Å². The van der Waals surface area contributed by atoms with Crippen LogP contribution >= 0.6 is 0 Å². The number of likely N-dealkylation sites (tertiary alicyclic amines) is 1. The van der Waals surface area contributed by atoms with Crippen LogP contribution in [0.25, 0.3) is 5.69 Å². The second-order valence-electron chi connectivity index (χ2n) is 7.93. The van der Waals surface area contributed by atoms with E-state index in [-0.39, 0.29) is 23.3 Å². The largest absolute Gasteiger partial charge is 0.353 e. The van der Waals surface area contributed by atoms with Crippen molar-refractivity contribution < 1.29 is 9.59 Å². The number of amides is 2. The average molecular weight is 353 g/mol. The van der Waals surface area contributed by atoms with Crippen molar-refractivity contribution in [1.82, 2.24) is 14.8 Å². The second kappa shape index (κ2) is 7.36. The van der Waals surface area contributed by atoms with Crippen LogP contribution < -0.4 is 5.32 Å². The molecule has 0 bridgehead atoms. The second-order valence-corrected chi connectivity index (χ2v) is 7.93. The van der Waals surface area contributed by atoms with E-state index in [1.165, 1.54) is 0 Å². The van der Waals surface area contributed by atoms with Gasteiger partial charge in [0, 0.05) is 48.2 Å². The molecule has 0 radical (unpaired) electrons. The Hall–Kier alpha value is -2.56. The molecule has 0 spiro atoms. The highest BCUT2D eigenvalue weighted by Gasteiger charge is 2.28. The van der Waals surface area contributed by atoms with Crippen molar-refractivity contribution >= 4 is 11.8 Å². The lowest BCUT2D eigenvalue weighted by molar-refractivity contribution is -0.129. The normalized spacial score (nSPS) is 15.7. The summed E-state index contributed by atoms with van der Waals surface area (Å²) in [6.45, 7) is 7.09. The van der Waals surface area contributed by atoms with E-state index < -0.39 is 0 Å². The molecule has 3 rings (SSSR count). The zero-order valence-corrected chi connectivity index (χ0v) is 15.7. The summed E-state index contributed by atoms with van der Waals surface area (Å²) in [7, 11) is 0. The van der Waals surface area contributed by atoms with Gasteiger partial charge in [0.25, 0.3) is 5.91 Å². The van der Waals surface area contributed by atoms with Crippen molar-refractivity contribution in [3.05, 3.63) is 54.4 Å². The minimum absolute atomic E-state index is 0.0599. The summed E-state index contributed by atoms with van der Waals surface area (Å²) >= 11 is 0. The summed E-state index contributed by atoms with van der Waals surface area (Å²) in [6, 6.07) is 11.8. The number of nitrogens with zero attached hydrogens (tertiary/aromatic N) is 2. The number of carbonyl (C=O) groups is 2. The third kappa shape index (κ3) is 4.15. The van der Waals surface area contributed by atoms with Gasteiger partial charge in [0.05, 0.1) is 0 Å². The van der Waals surface area contributed by atoms with Gasteiger partial charge in [-0.2, -0.15) is 0 Å². The molecule has 2 heterocycles. The van der Waals surface area contributed by atoms with Gasteiger partial charge >= 0.3 is 0 Å². The first-order valence-corrected chi connectivity index (χ1v) is 9.18. The maximum Gasteiger partial charge on any atom is 0.253 e. The number of hydrogen-bond acceptors (Lipinski definition) is 2. The van der Waals surface area contributed by atoms with Crippen LogP contribution in [-0.4, -0.2) is 40.4 Å². The number of hydrogen-bond donors (Lipinski definition) is 1. The molecule has 1 aromatic carbocycles. The lowest BCUT2D eigenvalue weighted by Gasteiger charge is -2.33. The molecular weight excluding hydrogens is 326 g/mol. The van der Waals surface area contributed by atoms with Gasteiger partial charge in [-0.05, 0) is 49.2 Å². The molecule has 0 saturated carbocycles. The summed E-state index contributed by atoms with van der Waals surface area (Å²) in [4.78, 5) is 26.7. The predicted molar refractivity (Wildman–Crippen MR) is 102 cm³/mol. The van der Waals surface area contributed by atoms with E-state index in [0.29, 0.717) is 18.7 Å². The number of benzene rings is 1. The van der Waals surface area contributed by atoms with E-state index in [1.54, 1.807) is 0 Å². The molecule has 0 unspecified atom stereocenters. The zero-order chi connectivity index (χ0) is 18.7. The van der Waals surface area contributed by atoms with E-state index in [0.717, 1.165) is 18.5 Å². The Bertz CT molecular complexity index is 750. The third-order valence-corrected chi connectivity index (χ3v) is 4.82. The van der Waals surface area contributed by atoms with E-state index >= 15 is 0 Å². The van der Waals surface area contributed by atoms with Gasteiger partial charge in [-0.3, -0.25) is 9.59 Å². The van der Waals surface area contributed by atoms with Crippen LogP contribution in [-0.2, 0) is 4.79 Å². The monoisotopic (exact) mass is 353 g/mol. The topological polar surface area (TPSA) is 54.3 Å². The molecule has 0 atom stereocenters. The Morgan fingerprint density at radius 3 is 2.12 bits per heavy atom. The van der Waals surface area contributed by atoms with Gasteiger partial charge in [0.1, 0.15) is 0 Å². The van der Waals surface area contributed by atoms with Crippen LogP contribution in [0.15, 0.2) is 48.8 Å². The van der Waals surface area contributed by atoms with Gasteiger partial charge in [-0.1, -0.05) is 20.8 Å². The summed E-state index contributed by atoms with van der Waals surface area (Å²) in [6.07, 6.45) is 5.56. The number of nitrogens with one attached hydrogen (secondary N) is 1. The molecule has 1 aliphatic heterocycles. The maximum absolute atomic E-state index is 12.7. The Balaban J connectivity index is 1.56. The molecule has 138 valence electrons. The van der Waals surface area contributed by atoms with Crippen molar-refractivity contribution in [2.24, 2.45) is 5.41 Å². The van der Waals surface area contributed by atoms with E-state index in [9.17, 15) is 9.59 Å². The first-order chi connectivity index (χ1) is 12.3. The van der Waals surface area contributed by atoms with Crippen LogP contribution in [0.5, 0.6) is 0 Å². The van der Waals surface area contributed by atoms with Crippen molar-refractivity contribution in [2.45, 2.75) is 39.7 Å². The minimum Gasteiger partial charge on any atom is -0.353 e. The van der Waals surface area contributed by atoms with Gasteiger partial charge in [0.15, 0.2) is 0 Å². The Labute approximate surface area is 155 Å². The molecule has 1 saturated heterocycles. The summed E-state index contributed by atoms with van der Waals surface area (Å²) < 4.78 is 2.01. The first kappa shape index (κ1) is 18.2. The predicted octanol–water partition coefficient (Wildman–Crippen LogP) is 3.24. The summed E-state index contributed by atoms with van der Waals surface area (Å²) in [5.41, 5.74) is 1.36. The molecule has 1 aromatic heterocycles. The molecule has 2 aromatic rings. The molecule has 1 aliphatic rings. The van der Waals surface area contributed by atoms with Crippen molar-refractivity contribution in [2.75, 3.05) is 13.1 Å². The Morgan fingerprint density at radius 2 is 1.58 bits per heavy atom. The average Bonchev–Trinajstić information content (AvgIpc) is 3.16. The highest BCUT2D eigenvalue weighted by atomic mass is 16.2. The van der Waals surface area contributed by atoms with Crippen molar-refractivity contribution in [3.8, 4) is 5.69 Å². The molecule has 2 amide bonds. The molecule has 26 heavy (non-hydrogen) atoms. The Kier molecular flexibility index (Phi) is 5.16. The standard InChI is InChI=1S/C21H27N3O2/c1-21(2,3)20(26)22-17-10-14-24(15-11-17)19(25)16-6-8-18(9-7-16)23-12-4-5-13-23/h4-9,12-13,17H,10-11,14-15H2,1-3H3,(H,22,26). The quantitative estimate of drug-likeness (QED) is 0.921. The molecule has 1 fully saturated rings. The van der Waals surface area contributed by atoms with E-state index in [2.05, 4.69) is 5.32 Å². The molecule has 0 aliphatic carbocycles. The lowest BCUT2D eigenvalue weighted by Crippen LogP contribution is -2.49. The van der Waals surface area contributed by atoms with Crippen molar-refractivity contribution in [3.63, 3.8) is 0 Å². The number of aromatic nitrogens is 1. The SMILES string of the molecule is CC(C)(C)C(=O)NC1CCN(C(=O)c2ccc(-n3cccc3)cc2)CC1. The smallest absolute Gasteiger partial charge is 0.253 e. The van der Waals surface area contributed by atoms with Crippen LogP contribution in [0.4, 0.5) is 0 Å². The van der Waals surface area contributed by atoms with Crippen LogP contribution in [0, 0.1) is 5.41 Å². The molecule has 5 nitrogen and oxygen atoms in total. The summed E-state index contributed by atoms with van der Waals surface area (Å²) in [5.74, 6) is 0.132. The van der Waals surface area contributed by atoms with Gasteiger partial charge < -0.3 is 14.8 Å². The minimum atomic E-state index is -0.381. The Morgan fingerprint density at radius 1 is 1.00 bits per heavy atom. The first-order valence-electron chi connectivity index (χ1n) is 9.18. The van der Waals surface area contributed by atoms with Gasteiger partial charge in [0.2, 0.25) is 5.91 Å². The van der Waals surface area contributed by atoms with E-state index in [1.807, 2.05) is 79.0 Å². The van der Waals surface area contributed by atoms with Crippen molar-refractivity contribution in [1.29, 1.82) is 0 Å². The molecule has 5 heteroatoms. The zero-order valence-electron chi connectivity index (χ0n) is 15.7. The van der Waals surface area contributed by atoms with Crippen LogP contribution in [0.2, 0.25) is 0 Å². The number of piperidine rings is 1. The number of rotatable bonds is 3. The fourth-order valence-corrected chi connectivity index (χ4v) is 3.09. The van der Waals surface area contributed by atoms with Crippen LogP contribution in [0.3, 0.4) is 0 Å². The van der Waals surface area contributed by atoms with Gasteiger partial charge in [-0.25, -0.2) is 0 Å². The number of carbonyl (C=O) groups excluding carboxylic acids is 2. The van der Waals surface area contributed by atoms with Crippen LogP contribution in [0.1, 0.15) is 44.0 Å². The third-order valence-electron chi connectivity index (χ3n) is 4.82. The highest BCUT2D eigenvalue weighted by molar-refractivity contribution is 5.94. The fourth-order valence-electron chi connectivity index (χ4n) is 3.09. The molecular formula is C21H27N3O2.